The molecule has 0 aliphatic heterocycles. The van der Waals surface area contributed by atoms with E-state index in [9.17, 15) is 5.11 Å². The molecule has 0 aromatic heterocycles. The second-order valence-electron chi connectivity index (χ2n) is 7.05. The normalized spacial score (nSPS) is 39.3. The van der Waals surface area contributed by atoms with Gasteiger partial charge in [-0.1, -0.05) is 13.8 Å². The number of nitrogens with one attached hydrogen (secondary N) is 1. The molecule has 112 valence electrons. The maximum absolute atomic E-state index is 9.37. The number of nitrogens with zero attached hydrogens (tertiary/aromatic N) is 1. The van der Waals surface area contributed by atoms with Crippen LogP contribution in [-0.2, 0) is 0 Å². The molecule has 0 radical (unpaired) electrons. The van der Waals surface area contributed by atoms with Gasteiger partial charge in [0.05, 0.1) is 6.10 Å². The summed E-state index contributed by atoms with van der Waals surface area (Å²) in [7, 11) is 2.26. The van der Waals surface area contributed by atoms with Crippen LogP contribution in [0.25, 0.3) is 0 Å². The summed E-state index contributed by atoms with van der Waals surface area (Å²) in [6.45, 7) is 8.09. The Morgan fingerprint density at radius 1 is 1.16 bits per heavy atom. The number of aliphatic hydroxyl groups is 1. The van der Waals surface area contributed by atoms with E-state index in [0.29, 0.717) is 0 Å². The summed E-state index contributed by atoms with van der Waals surface area (Å²) < 4.78 is 0. The van der Waals surface area contributed by atoms with Crippen molar-refractivity contribution in [1.29, 1.82) is 0 Å². The van der Waals surface area contributed by atoms with Crippen LogP contribution in [0.2, 0.25) is 0 Å². The van der Waals surface area contributed by atoms with E-state index in [1.807, 2.05) is 0 Å². The maximum atomic E-state index is 9.37. The minimum absolute atomic E-state index is 0.0115. The molecule has 0 aromatic rings. The average molecular weight is 268 g/mol. The van der Waals surface area contributed by atoms with E-state index in [0.717, 1.165) is 43.2 Å². The summed E-state index contributed by atoms with van der Waals surface area (Å²) in [5, 5.41) is 13.1. The van der Waals surface area contributed by atoms with Crippen LogP contribution in [0.5, 0.6) is 0 Å². The highest BCUT2D eigenvalue weighted by Gasteiger charge is 2.31. The van der Waals surface area contributed by atoms with Gasteiger partial charge in [0.25, 0.3) is 0 Å². The minimum Gasteiger partial charge on any atom is -0.393 e. The minimum atomic E-state index is -0.0115. The van der Waals surface area contributed by atoms with Crippen LogP contribution in [0.3, 0.4) is 0 Å². The summed E-state index contributed by atoms with van der Waals surface area (Å²) in [6.07, 6.45) is 6.12. The third-order valence-electron chi connectivity index (χ3n) is 5.04. The summed E-state index contributed by atoms with van der Waals surface area (Å²) >= 11 is 0. The van der Waals surface area contributed by atoms with Crippen molar-refractivity contribution in [3.8, 4) is 0 Å². The molecule has 2 saturated carbocycles. The van der Waals surface area contributed by atoms with Crippen LogP contribution in [0.4, 0.5) is 0 Å². The van der Waals surface area contributed by atoms with Crippen LogP contribution >= 0.6 is 0 Å². The fourth-order valence-electron chi connectivity index (χ4n) is 4.00. The fourth-order valence-corrected chi connectivity index (χ4v) is 4.00. The zero-order valence-corrected chi connectivity index (χ0v) is 12.9. The Balaban J connectivity index is 1.76. The average Bonchev–Trinajstić information content (AvgIpc) is 2.31. The molecule has 3 unspecified atom stereocenters. The lowest BCUT2D eigenvalue weighted by Gasteiger charge is -2.40. The van der Waals surface area contributed by atoms with E-state index >= 15 is 0 Å². The fraction of sp³-hybridized carbons (Fsp3) is 1.00. The molecule has 3 nitrogen and oxygen atoms in total. The molecule has 0 heterocycles. The SMILES string of the molecule is CCNC1CCC(C)CC1CN(C)CC1CC(O)C1. The van der Waals surface area contributed by atoms with Crippen LogP contribution in [0, 0.1) is 17.8 Å². The summed E-state index contributed by atoms with van der Waals surface area (Å²) in [5.41, 5.74) is 0. The number of hydrogen-bond acceptors (Lipinski definition) is 3. The van der Waals surface area contributed by atoms with Crippen molar-refractivity contribution in [3.63, 3.8) is 0 Å². The lowest BCUT2D eigenvalue weighted by atomic mass is 9.78. The van der Waals surface area contributed by atoms with E-state index in [4.69, 9.17) is 0 Å². The van der Waals surface area contributed by atoms with Gasteiger partial charge in [-0.05, 0) is 63.5 Å². The third kappa shape index (κ3) is 4.44. The van der Waals surface area contributed by atoms with Crippen molar-refractivity contribution < 1.29 is 5.11 Å². The van der Waals surface area contributed by atoms with Gasteiger partial charge in [-0.2, -0.15) is 0 Å². The molecule has 3 heteroatoms. The van der Waals surface area contributed by atoms with E-state index in [1.165, 1.54) is 32.4 Å². The van der Waals surface area contributed by atoms with Crippen molar-refractivity contribution in [2.24, 2.45) is 17.8 Å². The highest BCUT2D eigenvalue weighted by Crippen LogP contribution is 2.31. The number of hydrogen-bond donors (Lipinski definition) is 2. The molecule has 2 aliphatic rings. The zero-order valence-electron chi connectivity index (χ0n) is 12.9. The van der Waals surface area contributed by atoms with Gasteiger partial charge in [-0.3, -0.25) is 0 Å². The Bertz CT molecular complexity index is 265. The molecule has 2 fully saturated rings. The van der Waals surface area contributed by atoms with Gasteiger partial charge in [0.2, 0.25) is 0 Å². The maximum Gasteiger partial charge on any atom is 0.0546 e. The Kier molecular flexibility index (Phi) is 5.67. The number of aliphatic hydroxyl groups excluding tert-OH is 1. The molecular formula is C16H32N2O. The van der Waals surface area contributed by atoms with Gasteiger partial charge >= 0.3 is 0 Å². The van der Waals surface area contributed by atoms with E-state index < -0.39 is 0 Å². The Morgan fingerprint density at radius 3 is 2.53 bits per heavy atom. The first-order valence-corrected chi connectivity index (χ1v) is 8.18. The molecule has 0 bridgehead atoms. The Morgan fingerprint density at radius 2 is 1.89 bits per heavy atom. The molecule has 0 aromatic carbocycles. The van der Waals surface area contributed by atoms with Crippen molar-refractivity contribution in [3.05, 3.63) is 0 Å². The zero-order chi connectivity index (χ0) is 13.8. The van der Waals surface area contributed by atoms with Gasteiger partial charge < -0.3 is 15.3 Å². The highest BCUT2D eigenvalue weighted by atomic mass is 16.3. The molecule has 0 amide bonds. The van der Waals surface area contributed by atoms with Crippen molar-refractivity contribution >= 4 is 0 Å². The summed E-state index contributed by atoms with van der Waals surface area (Å²) in [5.74, 6) is 2.43. The second-order valence-corrected chi connectivity index (χ2v) is 7.05. The Hall–Kier alpha value is -0.120. The van der Waals surface area contributed by atoms with Gasteiger partial charge in [-0.25, -0.2) is 0 Å². The predicted octanol–water partition coefficient (Wildman–Crippen LogP) is 2.10. The van der Waals surface area contributed by atoms with E-state index in [1.54, 1.807) is 0 Å². The van der Waals surface area contributed by atoms with Crippen LogP contribution in [0.15, 0.2) is 0 Å². The lowest BCUT2D eigenvalue weighted by Crippen LogP contribution is -2.46. The van der Waals surface area contributed by atoms with Gasteiger partial charge in [0, 0.05) is 19.1 Å². The molecular weight excluding hydrogens is 236 g/mol. The first kappa shape index (κ1) is 15.3. The van der Waals surface area contributed by atoms with E-state index in [2.05, 4.69) is 31.1 Å². The summed E-state index contributed by atoms with van der Waals surface area (Å²) in [4.78, 5) is 2.50. The highest BCUT2D eigenvalue weighted by molar-refractivity contribution is 4.86. The van der Waals surface area contributed by atoms with Gasteiger partial charge in [-0.15, -0.1) is 0 Å². The van der Waals surface area contributed by atoms with Crippen LogP contribution in [-0.4, -0.2) is 48.8 Å². The molecule has 3 atom stereocenters. The standard InChI is InChI=1S/C16H32N2O/c1-4-17-16-6-5-12(2)7-14(16)11-18(3)10-13-8-15(19)9-13/h12-17,19H,4-11H2,1-3H3. The second kappa shape index (κ2) is 7.05. The van der Waals surface area contributed by atoms with Crippen LogP contribution in [0.1, 0.15) is 46.0 Å². The molecule has 0 saturated heterocycles. The number of rotatable bonds is 6. The van der Waals surface area contributed by atoms with Crippen molar-refractivity contribution in [2.75, 3.05) is 26.7 Å². The lowest BCUT2D eigenvalue weighted by molar-refractivity contribution is 0.0237. The Labute approximate surface area is 118 Å². The summed E-state index contributed by atoms with van der Waals surface area (Å²) in [6, 6.07) is 0.718. The first-order valence-electron chi connectivity index (χ1n) is 8.18. The van der Waals surface area contributed by atoms with Crippen molar-refractivity contribution in [2.45, 2.75) is 58.1 Å². The van der Waals surface area contributed by atoms with Crippen LogP contribution < -0.4 is 5.32 Å². The molecule has 2 N–H and O–H groups in total. The molecule has 0 spiro atoms. The van der Waals surface area contributed by atoms with E-state index in [-0.39, 0.29) is 6.10 Å². The van der Waals surface area contributed by atoms with Crippen molar-refractivity contribution in [1.82, 2.24) is 10.2 Å². The molecule has 2 aliphatic carbocycles. The predicted molar refractivity (Wildman–Crippen MR) is 80.2 cm³/mol. The largest absolute Gasteiger partial charge is 0.393 e. The molecule has 19 heavy (non-hydrogen) atoms. The topological polar surface area (TPSA) is 35.5 Å². The van der Waals surface area contributed by atoms with Gasteiger partial charge in [0.15, 0.2) is 0 Å². The molecule has 2 rings (SSSR count). The first-order chi connectivity index (χ1) is 9.08. The van der Waals surface area contributed by atoms with Gasteiger partial charge in [0.1, 0.15) is 0 Å². The quantitative estimate of drug-likeness (QED) is 0.774. The third-order valence-corrected chi connectivity index (χ3v) is 5.04. The smallest absolute Gasteiger partial charge is 0.0546 e. The monoisotopic (exact) mass is 268 g/mol.